The van der Waals surface area contributed by atoms with Crippen LogP contribution in [0, 0.1) is 0 Å². The van der Waals surface area contributed by atoms with Crippen molar-refractivity contribution in [1.29, 1.82) is 0 Å². The summed E-state index contributed by atoms with van der Waals surface area (Å²) in [7, 11) is 0. The first-order chi connectivity index (χ1) is 9.22. The molecule has 0 aliphatic heterocycles. The summed E-state index contributed by atoms with van der Waals surface area (Å²) in [6, 6.07) is 6.78. The Labute approximate surface area is 133 Å². The minimum atomic E-state index is 0.343. The number of halogens is 2. The fraction of sp³-hybridized carbons (Fsp3) is 0.500. The lowest BCUT2D eigenvalue weighted by molar-refractivity contribution is 0.587. The van der Waals surface area contributed by atoms with Crippen molar-refractivity contribution in [3.63, 3.8) is 0 Å². The molecule has 0 bridgehead atoms. The highest BCUT2D eigenvalue weighted by molar-refractivity contribution is 9.11. The topological polar surface area (TPSA) is 12.0 Å². The van der Waals surface area contributed by atoms with Gasteiger partial charge in [-0.3, -0.25) is 0 Å². The second-order valence-corrected chi connectivity index (χ2v) is 6.80. The van der Waals surface area contributed by atoms with E-state index in [1.165, 1.54) is 42.1 Å². The zero-order valence-electron chi connectivity index (χ0n) is 11.4. The summed E-state index contributed by atoms with van der Waals surface area (Å²) in [6.07, 6.45) is 8.91. The first kappa shape index (κ1) is 15.3. The lowest BCUT2D eigenvalue weighted by atomic mass is 9.95. The number of likely N-dealkylation sites (N-methyl/N-ethyl adjacent to an activating group) is 1. The molecule has 1 N–H and O–H groups in total. The van der Waals surface area contributed by atoms with Crippen molar-refractivity contribution in [2.75, 3.05) is 6.54 Å². The SMILES string of the molecule is CCNC(C1=CCCCCC1)c1cc(Br)ccc1Br. The molecule has 0 aromatic heterocycles. The van der Waals surface area contributed by atoms with Gasteiger partial charge in [0.1, 0.15) is 0 Å². The van der Waals surface area contributed by atoms with Gasteiger partial charge in [-0.05, 0) is 56.0 Å². The molecule has 1 aromatic rings. The summed E-state index contributed by atoms with van der Waals surface area (Å²) < 4.78 is 2.33. The summed E-state index contributed by atoms with van der Waals surface area (Å²) in [4.78, 5) is 0. The number of hydrogen-bond donors (Lipinski definition) is 1. The predicted molar refractivity (Wildman–Crippen MR) is 89.4 cm³/mol. The molecule has 0 radical (unpaired) electrons. The van der Waals surface area contributed by atoms with E-state index in [1.807, 2.05) is 0 Å². The van der Waals surface area contributed by atoms with E-state index in [1.54, 1.807) is 5.57 Å². The second kappa shape index (κ2) is 7.61. The van der Waals surface area contributed by atoms with Gasteiger partial charge in [-0.15, -0.1) is 0 Å². The van der Waals surface area contributed by atoms with Crippen molar-refractivity contribution >= 4 is 31.9 Å². The normalized spacial score (nSPS) is 17.7. The number of benzene rings is 1. The van der Waals surface area contributed by atoms with Gasteiger partial charge in [0.05, 0.1) is 6.04 Å². The lowest BCUT2D eigenvalue weighted by Gasteiger charge is -2.23. The summed E-state index contributed by atoms with van der Waals surface area (Å²) in [6.45, 7) is 3.16. The molecule has 1 aliphatic carbocycles. The first-order valence-electron chi connectivity index (χ1n) is 7.09. The number of nitrogens with one attached hydrogen (secondary N) is 1. The van der Waals surface area contributed by atoms with E-state index >= 15 is 0 Å². The molecule has 0 heterocycles. The van der Waals surface area contributed by atoms with Crippen LogP contribution >= 0.6 is 31.9 Å². The molecule has 2 rings (SSSR count). The van der Waals surface area contributed by atoms with Crippen LogP contribution in [0.3, 0.4) is 0 Å². The largest absolute Gasteiger partial charge is 0.307 e. The highest BCUT2D eigenvalue weighted by atomic mass is 79.9. The van der Waals surface area contributed by atoms with Crippen LogP contribution in [0.15, 0.2) is 38.8 Å². The third-order valence-electron chi connectivity index (χ3n) is 3.62. The molecule has 104 valence electrons. The Morgan fingerprint density at radius 2 is 2.05 bits per heavy atom. The Morgan fingerprint density at radius 3 is 2.84 bits per heavy atom. The zero-order chi connectivity index (χ0) is 13.7. The van der Waals surface area contributed by atoms with Gasteiger partial charge in [-0.2, -0.15) is 0 Å². The van der Waals surface area contributed by atoms with Crippen LogP contribution < -0.4 is 5.32 Å². The van der Waals surface area contributed by atoms with Crippen molar-refractivity contribution in [2.45, 2.75) is 45.1 Å². The van der Waals surface area contributed by atoms with Gasteiger partial charge in [-0.25, -0.2) is 0 Å². The fourth-order valence-corrected chi connectivity index (χ4v) is 3.54. The van der Waals surface area contributed by atoms with Crippen LogP contribution in [0.1, 0.15) is 50.6 Å². The average Bonchev–Trinajstić information content (AvgIpc) is 2.68. The van der Waals surface area contributed by atoms with Crippen LogP contribution in [0.4, 0.5) is 0 Å². The Kier molecular flexibility index (Phi) is 6.11. The van der Waals surface area contributed by atoms with Gasteiger partial charge in [0.25, 0.3) is 0 Å². The molecular weight excluding hydrogens is 366 g/mol. The minimum Gasteiger partial charge on any atom is -0.307 e. The molecule has 0 amide bonds. The van der Waals surface area contributed by atoms with Crippen molar-refractivity contribution in [3.05, 3.63) is 44.4 Å². The van der Waals surface area contributed by atoms with E-state index in [0.717, 1.165) is 11.0 Å². The van der Waals surface area contributed by atoms with Crippen LogP contribution in [0.2, 0.25) is 0 Å². The molecule has 0 saturated heterocycles. The van der Waals surface area contributed by atoms with Gasteiger partial charge < -0.3 is 5.32 Å². The Morgan fingerprint density at radius 1 is 1.21 bits per heavy atom. The van der Waals surface area contributed by atoms with Gasteiger partial charge in [0.2, 0.25) is 0 Å². The van der Waals surface area contributed by atoms with Gasteiger partial charge in [-0.1, -0.05) is 56.9 Å². The van der Waals surface area contributed by atoms with Crippen LogP contribution in [-0.4, -0.2) is 6.54 Å². The van der Waals surface area contributed by atoms with Gasteiger partial charge in [0, 0.05) is 8.95 Å². The molecule has 1 aromatic carbocycles. The van der Waals surface area contributed by atoms with Crippen molar-refractivity contribution < 1.29 is 0 Å². The number of allylic oxidation sites excluding steroid dienone is 1. The van der Waals surface area contributed by atoms with Crippen molar-refractivity contribution in [2.24, 2.45) is 0 Å². The molecule has 3 heteroatoms. The third-order valence-corrected chi connectivity index (χ3v) is 4.84. The quantitative estimate of drug-likeness (QED) is 0.649. The maximum absolute atomic E-state index is 3.70. The summed E-state index contributed by atoms with van der Waals surface area (Å²) >= 11 is 7.29. The standard InChI is InChI=1S/C16H21Br2N/c1-2-19-16(12-7-5-3-4-6-8-12)14-11-13(17)9-10-15(14)18/h7,9-11,16,19H,2-6,8H2,1H3. The molecule has 1 aliphatic rings. The maximum Gasteiger partial charge on any atom is 0.0547 e. The highest BCUT2D eigenvalue weighted by Gasteiger charge is 2.19. The lowest BCUT2D eigenvalue weighted by Crippen LogP contribution is -2.23. The molecule has 19 heavy (non-hydrogen) atoms. The minimum absolute atomic E-state index is 0.343. The van der Waals surface area contributed by atoms with Crippen LogP contribution in [-0.2, 0) is 0 Å². The van der Waals surface area contributed by atoms with Crippen molar-refractivity contribution in [1.82, 2.24) is 5.32 Å². The molecule has 0 saturated carbocycles. The van der Waals surface area contributed by atoms with Gasteiger partial charge >= 0.3 is 0 Å². The number of hydrogen-bond acceptors (Lipinski definition) is 1. The molecule has 0 spiro atoms. The molecule has 1 unspecified atom stereocenters. The molecular formula is C16H21Br2N. The van der Waals surface area contributed by atoms with Crippen molar-refractivity contribution in [3.8, 4) is 0 Å². The molecule has 1 nitrogen and oxygen atoms in total. The first-order valence-corrected chi connectivity index (χ1v) is 8.68. The fourth-order valence-electron chi connectivity index (χ4n) is 2.68. The Hall–Kier alpha value is -0.120. The summed E-state index contributed by atoms with van der Waals surface area (Å²) in [5, 5.41) is 3.65. The van der Waals surface area contributed by atoms with Crippen LogP contribution in [0.25, 0.3) is 0 Å². The number of rotatable bonds is 4. The summed E-state index contributed by atoms with van der Waals surface area (Å²) in [5.74, 6) is 0. The predicted octanol–water partition coefficient (Wildman–Crippen LogP) is 5.75. The average molecular weight is 387 g/mol. The molecule has 1 atom stereocenters. The highest BCUT2D eigenvalue weighted by Crippen LogP contribution is 2.34. The second-order valence-electron chi connectivity index (χ2n) is 5.03. The van der Waals surface area contributed by atoms with E-state index in [-0.39, 0.29) is 0 Å². The van der Waals surface area contributed by atoms with E-state index in [9.17, 15) is 0 Å². The smallest absolute Gasteiger partial charge is 0.0547 e. The van der Waals surface area contributed by atoms with E-state index in [0.29, 0.717) is 6.04 Å². The van der Waals surface area contributed by atoms with Gasteiger partial charge in [0.15, 0.2) is 0 Å². The van der Waals surface area contributed by atoms with E-state index < -0.39 is 0 Å². The summed E-state index contributed by atoms with van der Waals surface area (Å²) in [5.41, 5.74) is 2.89. The van der Waals surface area contributed by atoms with Crippen LogP contribution in [0.5, 0.6) is 0 Å². The maximum atomic E-state index is 3.70. The van der Waals surface area contributed by atoms with E-state index in [4.69, 9.17) is 0 Å². The van der Waals surface area contributed by atoms with E-state index in [2.05, 4.69) is 68.4 Å². The third kappa shape index (κ3) is 4.17. The zero-order valence-corrected chi connectivity index (χ0v) is 14.6. The Bertz CT molecular complexity index is 454. The Balaban J connectivity index is 2.32. The monoisotopic (exact) mass is 385 g/mol. The molecule has 0 fully saturated rings.